The normalized spacial score (nSPS) is 13.6. The Morgan fingerprint density at radius 1 is 1.15 bits per heavy atom. The third-order valence-electron chi connectivity index (χ3n) is 3.93. The maximum atomic E-state index is 12.0. The number of nitrogens with one attached hydrogen (secondary N) is 1. The first kappa shape index (κ1) is 17.9. The molecule has 1 aliphatic heterocycles. The highest BCUT2D eigenvalue weighted by Crippen LogP contribution is 2.21. The molecule has 1 N–H and O–H groups in total. The van der Waals surface area contributed by atoms with E-state index in [1.54, 1.807) is 53.4 Å². The van der Waals surface area contributed by atoms with E-state index in [4.69, 9.17) is 16.3 Å². The number of carbonyl (C=O) groups is 3. The minimum Gasteiger partial charge on any atom is -0.452 e. The molecule has 1 fully saturated rings. The second kappa shape index (κ2) is 8.01. The molecule has 0 spiro atoms. The lowest BCUT2D eigenvalue weighted by atomic mass is 10.2. The molecule has 134 valence electrons. The van der Waals surface area contributed by atoms with E-state index >= 15 is 0 Å². The predicted molar refractivity (Wildman–Crippen MR) is 98.4 cm³/mol. The van der Waals surface area contributed by atoms with E-state index in [0.717, 1.165) is 12.1 Å². The summed E-state index contributed by atoms with van der Waals surface area (Å²) in [6.07, 6.45) is 1.38. The van der Waals surface area contributed by atoms with Crippen molar-refractivity contribution >= 4 is 40.8 Å². The van der Waals surface area contributed by atoms with Gasteiger partial charge in [-0.2, -0.15) is 0 Å². The van der Waals surface area contributed by atoms with Gasteiger partial charge in [-0.05, 0) is 48.9 Å². The Morgan fingerprint density at radius 3 is 2.58 bits per heavy atom. The molecule has 0 atom stereocenters. The van der Waals surface area contributed by atoms with E-state index in [-0.39, 0.29) is 5.91 Å². The molecule has 0 radical (unpaired) electrons. The summed E-state index contributed by atoms with van der Waals surface area (Å²) in [5.41, 5.74) is 1.59. The van der Waals surface area contributed by atoms with Crippen LogP contribution in [-0.2, 0) is 14.3 Å². The van der Waals surface area contributed by atoms with Crippen LogP contribution < -0.4 is 10.2 Å². The highest BCUT2D eigenvalue weighted by atomic mass is 35.5. The molecule has 0 aromatic heterocycles. The Morgan fingerprint density at radius 2 is 1.92 bits per heavy atom. The number of carbonyl (C=O) groups excluding carboxylic acids is 3. The highest BCUT2D eigenvalue weighted by molar-refractivity contribution is 6.30. The minimum atomic E-state index is -0.606. The number of halogens is 1. The molecule has 0 bridgehead atoms. The van der Waals surface area contributed by atoms with E-state index in [1.165, 1.54) is 0 Å². The van der Waals surface area contributed by atoms with Crippen molar-refractivity contribution in [3.8, 4) is 0 Å². The Kier molecular flexibility index (Phi) is 5.53. The van der Waals surface area contributed by atoms with Gasteiger partial charge in [0.25, 0.3) is 5.91 Å². The van der Waals surface area contributed by atoms with Crippen LogP contribution in [0.5, 0.6) is 0 Å². The molecule has 1 heterocycles. The largest absolute Gasteiger partial charge is 0.452 e. The van der Waals surface area contributed by atoms with Gasteiger partial charge in [-0.3, -0.25) is 9.59 Å². The standard InChI is InChI=1S/C19H17ClN2O4/c20-14-3-1-4-15(11-14)21-17(23)12-26-19(25)13-6-8-16(9-7-13)22-10-2-5-18(22)24/h1,3-4,6-9,11H,2,5,10,12H2,(H,21,23). The number of anilines is 2. The minimum absolute atomic E-state index is 0.0815. The summed E-state index contributed by atoms with van der Waals surface area (Å²) in [6, 6.07) is 13.2. The SMILES string of the molecule is O=C(COC(=O)c1ccc(N2CCCC2=O)cc1)Nc1cccc(Cl)c1. The zero-order chi connectivity index (χ0) is 18.5. The van der Waals surface area contributed by atoms with Gasteiger partial charge in [-0.25, -0.2) is 4.79 Å². The molecule has 3 rings (SSSR count). The van der Waals surface area contributed by atoms with Gasteiger partial charge in [0.05, 0.1) is 5.56 Å². The van der Waals surface area contributed by atoms with Crippen LogP contribution in [0, 0.1) is 0 Å². The van der Waals surface area contributed by atoms with Gasteiger partial charge in [-0.1, -0.05) is 17.7 Å². The van der Waals surface area contributed by atoms with Gasteiger partial charge in [0.2, 0.25) is 5.91 Å². The molecule has 0 saturated carbocycles. The van der Waals surface area contributed by atoms with Gasteiger partial charge in [0.1, 0.15) is 0 Å². The number of rotatable bonds is 5. The number of nitrogens with zero attached hydrogens (tertiary/aromatic N) is 1. The van der Waals surface area contributed by atoms with E-state index in [1.807, 2.05) is 0 Å². The molecule has 1 saturated heterocycles. The lowest BCUT2D eigenvalue weighted by molar-refractivity contribution is -0.119. The van der Waals surface area contributed by atoms with E-state index in [0.29, 0.717) is 29.2 Å². The number of benzene rings is 2. The molecule has 2 aromatic rings. The van der Waals surface area contributed by atoms with Crippen LogP contribution in [0.15, 0.2) is 48.5 Å². The first-order valence-electron chi connectivity index (χ1n) is 8.16. The van der Waals surface area contributed by atoms with Crippen molar-refractivity contribution in [1.29, 1.82) is 0 Å². The van der Waals surface area contributed by atoms with Gasteiger partial charge in [-0.15, -0.1) is 0 Å². The van der Waals surface area contributed by atoms with Crippen molar-refractivity contribution in [2.24, 2.45) is 0 Å². The van der Waals surface area contributed by atoms with E-state index < -0.39 is 18.5 Å². The van der Waals surface area contributed by atoms with Crippen LogP contribution in [0.4, 0.5) is 11.4 Å². The van der Waals surface area contributed by atoms with Crippen LogP contribution in [0.2, 0.25) is 5.02 Å². The monoisotopic (exact) mass is 372 g/mol. The van der Waals surface area contributed by atoms with Crippen LogP contribution in [0.1, 0.15) is 23.2 Å². The summed E-state index contributed by atoms with van der Waals surface area (Å²) >= 11 is 5.84. The van der Waals surface area contributed by atoms with Gasteiger partial charge >= 0.3 is 5.97 Å². The Labute approximate surface area is 155 Å². The van der Waals surface area contributed by atoms with Crippen LogP contribution in [-0.4, -0.2) is 30.9 Å². The van der Waals surface area contributed by atoms with Crippen molar-refractivity contribution < 1.29 is 19.1 Å². The van der Waals surface area contributed by atoms with Crippen molar-refractivity contribution in [2.45, 2.75) is 12.8 Å². The number of esters is 1. The fourth-order valence-electron chi connectivity index (χ4n) is 2.68. The average Bonchev–Trinajstić information content (AvgIpc) is 3.06. The topological polar surface area (TPSA) is 75.7 Å². The van der Waals surface area contributed by atoms with Crippen molar-refractivity contribution in [1.82, 2.24) is 0 Å². The number of hydrogen-bond donors (Lipinski definition) is 1. The second-order valence-corrected chi connectivity index (χ2v) is 6.27. The predicted octanol–water partition coefficient (Wildman–Crippen LogP) is 3.26. The maximum Gasteiger partial charge on any atom is 0.338 e. The number of hydrogen-bond acceptors (Lipinski definition) is 4. The number of ether oxygens (including phenoxy) is 1. The summed E-state index contributed by atoms with van der Waals surface area (Å²) in [5.74, 6) is -0.983. The molecule has 2 aromatic carbocycles. The Bertz CT molecular complexity index is 836. The summed E-state index contributed by atoms with van der Waals surface area (Å²) in [6.45, 7) is 0.282. The molecular weight excluding hydrogens is 356 g/mol. The molecular formula is C19H17ClN2O4. The number of amides is 2. The maximum absolute atomic E-state index is 12.0. The van der Waals surface area contributed by atoms with Gasteiger partial charge in [0, 0.05) is 29.4 Å². The molecule has 7 heteroatoms. The second-order valence-electron chi connectivity index (χ2n) is 5.83. The Hall–Kier alpha value is -2.86. The molecule has 1 aliphatic rings. The highest BCUT2D eigenvalue weighted by Gasteiger charge is 2.21. The molecule has 0 aliphatic carbocycles. The van der Waals surface area contributed by atoms with E-state index in [2.05, 4.69) is 5.32 Å². The lowest BCUT2D eigenvalue weighted by Gasteiger charge is -2.15. The van der Waals surface area contributed by atoms with Gasteiger partial charge in [0.15, 0.2) is 6.61 Å². The summed E-state index contributed by atoms with van der Waals surface area (Å²) in [5, 5.41) is 3.09. The quantitative estimate of drug-likeness (QED) is 0.817. The Balaban J connectivity index is 1.53. The first-order chi connectivity index (χ1) is 12.5. The first-order valence-corrected chi connectivity index (χ1v) is 8.54. The molecule has 6 nitrogen and oxygen atoms in total. The van der Waals surface area contributed by atoms with Gasteiger partial charge < -0.3 is 15.0 Å². The van der Waals surface area contributed by atoms with Crippen LogP contribution in [0.3, 0.4) is 0 Å². The fourth-order valence-corrected chi connectivity index (χ4v) is 2.87. The zero-order valence-electron chi connectivity index (χ0n) is 13.9. The lowest BCUT2D eigenvalue weighted by Crippen LogP contribution is -2.23. The molecule has 2 amide bonds. The molecule has 26 heavy (non-hydrogen) atoms. The van der Waals surface area contributed by atoms with Crippen LogP contribution in [0.25, 0.3) is 0 Å². The molecule has 0 unspecified atom stereocenters. The third kappa shape index (κ3) is 4.40. The van der Waals surface area contributed by atoms with E-state index in [9.17, 15) is 14.4 Å². The zero-order valence-corrected chi connectivity index (χ0v) is 14.7. The summed E-state index contributed by atoms with van der Waals surface area (Å²) in [7, 11) is 0. The smallest absolute Gasteiger partial charge is 0.338 e. The third-order valence-corrected chi connectivity index (χ3v) is 4.17. The summed E-state index contributed by atoms with van der Waals surface area (Å²) < 4.78 is 5.01. The fraction of sp³-hybridized carbons (Fsp3) is 0.211. The van der Waals surface area contributed by atoms with Crippen molar-refractivity contribution in [3.05, 3.63) is 59.1 Å². The summed E-state index contributed by atoms with van der Waals surface area (Å²) in [4.78, 5) is 37.3. The van der Waals surface area contributed by atoms with Crippen LogP contribution >= 0.6 is 11.6 Å². The van der Waals surface area contributed by atoms with Crippen molar-refractivity contribution in [3.63, 3.8) is 0 Å². The average molecular weight is 373 g/mol. The van der Waals surface area contributed by atoms with Crippen molar-refractivity contribution in [2.75, 3.05) is 23.4 Å².